The molecule has 0 aliphatic heterocycles. The topological polar surface area (TPSA) is 62.7 Å². The first-order valence-corrected chi connectivity index (χ1v) is 12.6. The number of H-pyrrole nitrogens is 1. The summed E-state index contributed by atoms with van der Waals surface area (Å²) in [4.78, 5) is 20.7. The van der Waals surface area contributed by atoms with Crippen LogP contribution >= 0.6 is 0 Å². The van der Waals surface area contributed by atoms with Crippen molar-refractivity contribution in [3.63, 3.8) is 0 Å². The van der Waals surface area contributed by atoms with Crippen molar-refractivity contribution < 1.29 is 9.18 Å². The molecule has 6 rings (SSSR count). The second kappa shape index (κ2) is 9.54. The number of para-hydroxylation sites is 1. The molecule has 0 spiro atoms. The summed E-state index contributed by atoms with van der Waals surface area (Å²) in [5.74, 6) is -0.318. The normalized spacial score (nSPS) is 11.5. The summed E-state index contributed by atoms with van der Waals surface area (Å²) < 4.78 is 16.3. The lowest BCUT2D eigenvalue weighted by atomic mass is 10.0. The van der Waals surface area contributed by atoms with Crippen molar-refractivity contribution in [3.05, 3.63) is 96.4 Å². The number of nitrogens with zero attached hydrogens (tertiary/aromatic N) is 2. The summed E-state index contributed by atoms with van der Waals surface area (Å²) in [6.07, 6.45) is 3.37. The third-order valence-electron chi connectivity index (χ3n) is 6.99. The molecule has 6 heteroatoms. The molecule has 3 aromatic carbocycles. The zero-order valence-electron chi connectivity index (χ0n) is 20.6. The monoisotopic (exact) mass is 490 g/mol. The maximum absolute atomic E-state index is 14.1. The highest BCUT2D eigenvalue weighted by Gasteiger charge is 2.16. The van der Waals surface area contributed by atoms with E-state index in [0.717, 1.165) is 51.0 Å². The number of carbonyl (C=O) groups is 1. The quantitative estimate of drug-likeness (QED) is 0.244. The van der Waals surface area contributed by atoms with Crippen LogP contribution in [-0.2, 0) is 17.8 Å². The van der Waals surface area contributed by atoms with Gasteiger partial charge in [-0.05, 0) is 79.9 Å². The van der Waals surface area contributed by atoms with Gasteiger partial charge in [-0.15, -0.1) is 0 Å². The van der Waals surface area contributed by atoms with E-state index >= 15 is 0 Å². The molecule has 3 aromatic heterocycles. The number of fused-ring (bicyclic) bond motifs is 4. The fourth-order valence-electron chi connectivity index (χ4n) is 5.33. The van der Waals surface area contributed by atoms with Crippen LogP contribution < -0.4 is 5.32 Å². The Bertz CT molecular complexity index is 1750. The van der Waals surface area contributed by atoms with Crippen LogP contribution in [0.5, 0.6) is 0 Å². The van der Waals surface area contributed by atoms with Crippen molar-refractivity contribution in [1.29, 1.82) is 0 Å². The van der Waals surface area contributed by atoms with E-state index in [4.69, 9.17) is 0 Å². The predicted octanol–water partition coefficient (Wildman–Crippen LogP) is 7.46. The first-order valence-electron chi connectivity index (χ1n) is 12.6. The van der Waals surface area contributed by atoms with Crippen molar-refractivity contribution in [2.45, 2.75) is 32.7 Å². The van der Waals surface area contributed by atoms with Gasteiger partial charge in [0.15, 0.2) is 0 Å². The van der Waals surface area contributed by atoms with Gasteiger partial charge in [-0.2, -0.15) is 0 Å². The van der Waals surface area contributed by atoms with Crippen LogP contribution in [0.1, 0.15) is 25.3 Å². The molecule has 0 bridgehead atoms. The van der Waals surface area contributed by atoms with E-state index in [2.05, 4.69) is 57.1 Å². The number of hydrogen-bond acceptors (Lipinski definition) is 2. The molecule has 184 valence electrons. The van der Waals surface area contributed by atoms with Gasteiger partial charge in [0, 0.05) is 57.6 Å². The Morgan fingerprint density at radius 1 is 0.946 bits per heavy atom. The predicted molar refractivity (Wildman–Crippen MR) is 148 cm³/mol. The molecule has 37 heavy (non-hydrogen) atoms. The summed E-state index contributed by atoms with van der Waals surface area (Å²) in [6, 6.07) is 24.9. The number of carbonyl (C=O) groups excluding carboxylic acids is 1. The molecule has 0 radical (unpaired) electrons. The van der Waals surface area contributed by atoms with E-state index in [1.807, 2.05) is 30.3 Å². The molecule has 0 saturated heterocycles. The summed E-state index contributed by atoms with van der Waals surface area (Å²) in [6.45, 7) is 3.02. The fraction of sp³-hybridized carbons (Fsp3) is 0.161. The summed E-state index contributed by atoms with van der Waals surface area (Å²) in [7, 11) is 0. The van der Waals surface area contributed by atoms with Crippen LogP contribution in [0.2, 0.25) is 0 Å². The molecule has 2 N–H and O–H groups in total. The first-order chi connectivity index (χ1) is 18.1. The fourth-order valence-corrected chi connectivity index (χ4v) is 5.33. The van der Waals surface area contributed by atoms with Gasteiger partial charge in [-0.3, -0.25) is 9.78 Å². The molecule has 3 heterocycles. The molecule has 0 saturated carbocycles. The van der Waals surface area contributed by atoms with E-state index in [-0.39, 0.29) is 11.7 Å². The van der Waals surface area contributed by atoms with Gasteiger partial charge in [0.25, 0.3) is 0 Å². The average molecular weight is 491 g/mol. The highest BCUT2D eigenvalue weighted by atomic mass is 19.1. The van der Waals surface area contributed by atoms with E-state index in [1.165, 1.54) is 17.0 Å². The van der Waals surface area contributed by atoms with Gasteiger partial charge in [-0.1, -0.05) is 24.3 Å². The third-order valence-corrected chi connectivity index (χ3v) is 6.99. The van der Waals surface area contributed by atoms with Crippen molar-refractivity contribution in [1.82, 2.24) is 14.5 Å². The molecule has 1 amide bonds. The zero-order valence-corrected chi connectivity index (χ0v) is 20.6. The van der Waals surface area contributed by atoms with Crippen LogP contribution in [0.15, 0.2) is 85.1 Å². The number of aryl methyl sites for hydroxylation is 2. The molecule has 0 unspecified atom stereocenters. The van der Waals surface area contributed by atoms with Gasteiger partial charge in [0.2, 0.25) is 5.91 Å². The van der Waals surface area contributed by atoms with Crippen LogP contribution in [0.3, 0.4) is 0 Å². The SMILES string of the molecule is CCn1c2ccccc2c2cc(NC(=O)CCCc3c(-c4ccccn4)[nH]c4ccc(F)cc34)ccc21. The number of halogens is 1. The smallest absolute Gasteiger partial charge is 0.224 e. The van der Waals surface area contributed by atoms with Gasteiger partial charge in [-0.25, -0.2) is 4.39 Å². The van der Waals surface area contributed by atoms with Gasteiger partial charge in [0.05, 0.1) is 11.4 Å². The van der Waals surface area contributed by atoms with Crippen molar-refractivity contribution >= 4 is 44.3 Å². The molecule has 0 fully saturated rings. The van der Waals surface area contributed by atoms with E-state index in [1.54, 1.807) is 18.3 Å². The molecular formula is C31H27FN4O. The Labute approximate surface area is 214 Å². The summed E-state index contributed by atoms with van der Waals surface area (Å²) >= 11 is 0. The summed E-state index contributed by atoms with van der Waals surface area (Å²) in [5.41, 5.74) is 6.67. The number of nitrogens with one attached hydrogen (secondary N) is 2. The molecular weight excluding hydrogens is 463 g/mol. The average Bonchev–Trinajstić information content (AvgIpc) is 3.44. The molecule has 0 atom stereocenters. The number of hydrogen-bond donors (Lipinski definition) is 2. The minimum atomic E-state index is -0.280. The minimum absolute atomic E-state index is 0.0380. The largest absolute Gasteiger partial charge is 0.353 e. The summed E-state index contributed by atoms with van der Waals surface area (Å²) in [5, 5.41) is 6.22. The minimum Gasteiger partial charge on any atom is -0.353 e. The Balaban J connectivity index is 1.21. The van der Waals surface area contributed by atoms with E-state index in [9.17, 15) is 9.18 Å². The van der Waals surface area contributed by atoms with E-state index < -0.39 is 0 Å². The Hall–Kier alpha value is -4.45. The Kier molecular flexibility index (Phi) is 5.93. The zero-order chi connectivity index (χ0) is 25.4. The third kappa shape index (κ3) is 4.25. The number of amides is 1. The van der Waals surface area contributed by atoms with Crippen molar-refractivity contribution in [3.8, 4) is 11.4 Å². The van der Waals surface area contributed by atoms with Gasteiger partial charge < -0.3 is 14.9 Å². The molecule has 6 aromatic rings. The highest BCUT2D eigenvalue weighted by Crippen LogP contribution is 2.32. The lowest BCUT2D eigenvalue weighted by Gasteiger charge is -2.08. The van der Waals surface area contributed by atoms with Crippen LogP contribution in [0.4, 0.5) is 10.1 Å². The van der Waals surface area contributed by atoms with Crippen molar-refractivity contribution in [2.75, 3.05) is 5.32 Å². The lowest BCUT2D eigenvalue weighted by molar-refractivity contribution is -0.116. The number of aromatic nitrogens is 3. The maximum atomic E-state index is 14.1. The van der Waals surface area contributed by atoms with E-state index in [0.29, 0.717) is 19.3 Å². The second-order valence-corrected chi connectivity index (χ2v) is 9.28. The maximum Gasteiger partial charge on any atom is 0.224 e. The number of rotatable bonds is 7. The molecule has 5 nitrogen and oxygen atoms in total. The van der Waals surface area contributed by atoms with Crippen LogP contribution in [0.25, 0.3) is 44.1 Å². The first kappa shape index (κ1) is 23.0. The highest BCUT2D eigenvalue weighted by molar-refractivity contribution is 6.09. The Morgan fingerprint density at radius 2 is 1.78 bits per heavy atom. The Morgan fingerprint density at radius 3 is 2.62 bits per heavy atom. The number of aromatic amines is 1. The van der Waals surface area contributed by atoms with Crippen LogP contribution in [0, 0.1) is 5.82 Å². The number of anilines is 1. The van der Waals surface area contributed by atoms with Crippen molar-refractivity contribution in [2.24, 2.45) is 0 Å². The van der Waals surface area contributed by atoms with Gasteiger partial charge >= 0.3 is 0 Å². The second-order valence-electron chi connectivity index (χ2n) is 9.28. The molecule has 0 aliphatic carbocycles. The number of benzene rings is 3. The molecule has 0 aliphatic rings. The number of pyridine rings is 1. The van der Waals surface area contributed by atoms with Gasteiger partial charge in [0.1, 0.15) is 5.82 Å². The van der Waals surface area contributed by atoms with Crippen LogP contribution in [-0.4, -0.2) is 20.4 Å². The standard InChI is InChI=1S/C31H27FN4O/c1-2-36-28-11-4-3-8-22(28)25-19-21(14-16-29(25)36)34-30(37)12-7-9-23-24-18-20(32)13-15-26(24)35-31(23)27-10-5-6-17-33-27/h3-6,8,10-11,13-19,35H,2,7,9,12H2,1H3,(H,34,37). The lowest BCUT2D eigenvalue weighted by Crippen LogP contribution is -2.11.